The molecule has 0 saturated carbocycles. The van der Waals surface area contributed by atoms with Crippen LogP contribution < -0.4 is 0 Å². The molecule has 0 aliphatic carbocycles. The number of aliphatic hydroxyl groups is 2. The van der Waals surface area contributed by atoms with E-state index in [2.05, 4.69) is 0 Å². The lowest BCUT2D eigenvalue weighted by atomic mass is 9.73. The highest BCUT2D eigenvalue weighted by molar-refractivity contribution is 4.85. The van der Waals surface area contributed by atoms with Crippen LogP contribution in [0, 0.1) is 10.8 Å². The molecule has 2 nitrogen and oxygen atoms in total. The Hall–Kier alpha value is -0.0800. The summed E-state index contributed by atoms with van der Waals surface area (Å²) in [6.45, 7) is 9.65. The molecule has 0 saturated heterocycles. The third-order valence-corrected chi connectivity index (χ3v) is 1.97. The second-order valence-corrected chi connectivity index (χ2v) is 4.92. The smallest absolute Gasteiger partial charge is 0.0661 e. The predicted molar refractivity (Wildman–Crippen MR) is 46.3 cm³/mol. The van der Waals surface area contributed by atoms with E-state index < -0.39 is 11.5 Å². The molecule has 0 amide bonds. The molecule has 11 heavy (non-hydrogen) atoms. The summed E-state index contributed by atoms with van der Waals surface area (Å²) in [6, 6.07) is 0. The van der Waals surface area contributed by atoms with E-state index in [1.807, 2.05) is 34.6 Å². The van der Waals surface area contributed by atoms with Crippen LogP contribution in [0.5, 0.6) is 0 Å². The van der Waals surface area contributed by atoms with Crippen molar-refractivity contribution in [3.05, 3.63) is 0 Å². The maximum atomic E-state index is 9.75. The normalized spacial score (nSPS) is 16.6. The van der Waals surface area contributed by atoms with Gasteiger partial charge in [0.1, 0.15) is 0 Å². The molecular formula is C9H20O2. The summed E-state index contributed by atoms with van der Waals surface area (Å²) in [5.41, 5.74) is -0.565. The second-order valence-electron chi connectivity index (χ2n) is 4.92. The van der Waals surface area contributed by atoms with Crippen LogP contribution in [0.15, 0.2) is 0 Å². The number of hydrogen-bond donors (Lipinski definition) is 2. The minimum atomic E-state index is -0.472. The Morgan fingerprint density at radius 1 is 1.09 bits per heavy atom. The van der Waals surface area contributed by atoms with Gasteiger partial charge in [0.2, 0.25) is 0 Å². The van der Waals surface area contributed by atoms with E-state index in [1.165, 1.54) is 0 Å². The lowest BCUT2D eigenvalue weighted by Crippen LogP contribution is -2.42. The first-order valence-electron chi connectivity index (χ1n) is 4.01. The van der Waals surface area contributed by atoms with Gasteiger partial charge in [0, 0.05) is 5.41 Å². The fourth-order valence-electron chi connectivity index (χ4n) is 1.26. The predicted octanol–water partition coefficient (Wildman–Crippen LogP) is 1.41. The highest BCUT2D eigenvalue weighted by Gasteiger charge is 2.35. The molecule has 68 valence electrons. The summed E-state index contributed by atoms with van der Waals surface area (Å²) < 4.78 is 0. The number of hydrogen-bond acceptors (Lipinski definition) is 2. The zero-order valence-corrected chi connectivity index (χ0v) is 8.18. The van der Waals surface area contributed by atoms with Crippen molar-refractivity contribution in [2.75, 3.05) is 6.61 Å². The largest absolute Gasteiger partial charge is 0.396 e. The molecular weight excluding hydrogens is 140 g/mol. The molecule has 0 rings (SSSR count). The van der Waals surface area contributed by atoms with Crippen LogP contribution in [0.4, 0.5) is 0 Å². The molecule has 0 radical (unpaired) electrons. The van der Waals surface area contributed by atoms with E-state index >= 15 is 0 Å². The summed E-state index contributed by atoms with van der Waals surface area (Å²) in [6.07, 6.45) is -0.472. The summed E-state index contributed by atoms with van der Waals surface area (Å²) in [5, 5.41) is 18.7. The Labute approximate surface area is 69.2 Å². The van der Waals surface area contributed by atoms with Gasteiger partial charge in [-0.2, -0.15) is 0 Å². The molecule has 0 aromatic carbocycles. The van der Waals surface area contributed by atoms with Crippen LogP contribution in [0.1, 0.15) is 34.6 Å². The molecule has 0 aromatic heterocycles. The standard InChI is InChI=1S/C9H20O2/c1-8(2,3)7(11)9(4,5)6-10/h7,10-11H,6H2,1-5H3/t7-/m1/s1. The van der Waals surface area contributed by atoms with Gasteiger partial charge in [-0.15, -0.1) is 0 Å². The van der Waals surface area contributed by atoms with Crippen molar-refractivity contribution in [1.29, 1.82) is 0 Å². The van der Waals surface area contributed by atoms with E-state index in [0.717, 1.165) is 0 Å². The summed E-state index contributed by atoms with van der Waals surface area (Å²) in [4.78, 5) is 0. The summed E-state index contributed by atoms with van der Waals surface area (Å²) >= 11 is 0. The van der Waals surface area contributed by atoms with Crippen LogP contribution >= 0.6 is 0 Å². The first kappa shape index (κ1) is 10.9. The molecule has 0 fully saturated rings. The van der Waals surface area contributed by atoms with Gasteiger partial charge in [-0.1, -0.05) is 34.6 Å². The fraction of sp³-hybridized carbons (Fsp3) is 1.00. The number of aliphatic hydroxyl groups excluding tert-OH is 2. The Balaban J connectivity index is 4.35. The Bertz CT molecular complexity index is 122. The molecule has 2 N–H and O–H groups in total. The van der Waals surface area contributed by atoms with Crippen LogP contribution in [-0.4, -0.2) is 22.9 Å². The van der Waals surface area contributed by atoms with Crippen LogP contribution in [-0.2, 0) is 0 Å². The van der Waals surface area contributed by atoms with Crippen LogP contribution in [0.3, 0.4) is 0 Å². The highest BCUT2D eigenvalue weighted by Crippen LogP contribution is 2.32. The van der Waals surface area contributed by atoms with Crippen molar-refractivity contribution in [3.63, 3.8) is 0 Å². The van der Waals surface area contributed by atoms with Crippen molar-refractivity contribution < 1.29 is 10.2 Å². The minimum absolute atomic E-state index is 0.0193. The summed E-state index contributed by atoms with van der Waals surface area (Å²) in [5.74, 6) is 0. The van der Waals surface area contributed by atoms with Crippen molar-refractivity contribution in [2.45, 2.75) is 40.7 Å². The van der Waals surface area contributed by atoms with Gasteiger partial charge in [-0.05, 0) is 5.41 Å². The molecule has 0 heterocycles. The van der Waals surface area contributed by atoms with E-state index in [0.29, 0.717) is 0 Å². The third-order valence-electron chi connectivity index (χ3n) is 1.97. The maximum Gasteiger partial charge on any atom is 0.0661 e. The average Bonchev–Trinajstić information content (AvgIpc) is 1.84. The molecule has 0 aromatic rings. The molecule has 0 aliphatic heterocycles. The van der Waals surface area contributed by atoms with Gasteiger partial charge < -0.3 is 10.2 Å². The lowest BCUT2D eigenvalue weighted by Gasteiger charge is -2.37. The monoisotopic (exact) mass is 160 g/mol. The third kappa shape index (κ3) is 2.80. The average molecular weight is 160 g/mol. The fourth-order valence-corrected chi connectivity index (χ4v) is 1.26. The maximum absolute atomic E-state index is 9.75. The zero-order chi connectivity index (χ0) is 9.28. The summed E-state index contributed by atoms with van der Waals surface area (Å²) in [7, 11) is 0. The van der Waals surface area contributed by atoms with E-state index in [1.54, 1.807) is 0 Å². The van der Waals surface area contributed by atoms with Crippen molar-refractivity contribution in [3.8, 4) is 0 Å². The molecule has 0 bridgehead atoms. The first-order valence-corrected chi connectivity index (χ1v) is 4.01. The quantitative estimate of drug-likeness (QED) is 0.641. The molecule has 2 heteroatoms. The van der Waals surface area contributed by atoms with Gasteiger partial charge in [0.25, 0.3) is 0 Å². The highest BCUT2D eigenvalue weighted by atomic mass is 16.3. The van der Waals surface area contributed by atoms with Crippen molar-refractivity contribution >= 4 is 0 Å². The Kier molecular flexibility index (Phi) is 3.09. The van der Waals surface area contributed by atoms with E-state index in [9.17, 15) is 5.11 Å². The van der Waals surface area contributed by atoms with Crippen LogP contribution in [0.2, 0.25) is 0 Å². The van der Waals surface area contributed by atoms with Gasteiger partial charge >= 0.3 is 0 Å². The van der Waals surface area contributed by atoms with E-state index in [4.69, 9.17) is 5.11 Å². The van der Waals surface area contributed by atoms with Crippen molar-refractivity contribution in [2.24, 2.45) is 10.8 Å². The molecule has 1 atom stereocenters. The second kappa shape index (κ2) is 3.11. The van der Waals surface area contributed by atoms with Gasteiger partial charge in [0.15, 0.2) is 0 Å². The molecule has 0 unspecified atom stereocenters. The zero-order valence-electron chi connectivity index (χ0n) is 8.18. The number of rotatable bonds is 2. The molecule has 0 aliphatic rings. The van der Waals surface area contributed by atoms with Gasteiger partial charge in [-0.25, -0.2) is 0 Å². The first-order chi connectivity index (χ1) is 4.72. The Morgan fingerprint density at radius 2 is 1.45 bits per heavy atom. The van der Waals surface area contributed by atoms with Crippen LogP contribution in [0.25, 0.3) is 0 Å². The topological polar surface area (TPSA) is 40.5 Å². The molecule has 0 spiro atoms. The minimum Gasteiger partial charge on any atom is -0.396 e. The SMILES string of the molecule is CC(C)(C)[C@@H](O)C(C)(C)CO. The van der Waals surface area contributed by atoms with Gasteiger partial charge in [0.05, 0.1) is 12.7 Å². The lowest BCUT2D eigenvalue weighted by molar-refractivity contribution is -0.0571. The van der Waals surface area contributed by atoms with Crippen molar-refractivity contribution in [1.82, 2.24) is 0 Å². The van der Waals surface area contributed by atoms with Gasteiger partial charge in [-0.3, -0.25) is 0 Å². The Morgan fingerprint density at radius 3 is 1.55 bits per heavy atom. The van der Waals surface area contributed by atoms with E-state index in [-0.39, 0.29) is 12.0 Å².